The molecule has 0 bridgehead atoms. The van der Waals surface area contributed by atoms with Crippen LogP contribution in [-0.4, -0.2) is 56.5 Å². The topological polar surface area (TPSA) is 89.3 Å². The van der Waals surface area contributed by atoms with Crippen LogP contribution in [0.3, 0.4) is 0 Å². The molecule has 0 aliphatic carbocycles. The van der Waals surface area contributed by atoms with Gasteiger partial charge >= 0.3 is 0 Å². The first kappa shape index (κ1) is 16.0. The molecule has 1 aromatic carbocycles. The Morgan fingerprint density at radius 3 is 2.48 bits per heavy atom. The van der Waals surface area contributed by atoms with E-state index >= 15 is 0 Å². The van der Waals surface area contributed by atoms with Gasteiger partial charge in [0.1, 0.15) is 0 Å². The molecule has 0 N–H and O–H groups in total. The predicted octanol–water partition coefficient (Wildman–Crippen LogP) is 1.16. The molecule has 1 amide bonds. The van der Waals surface area contributed by atoms with Crippen molar-refractivity contribution < 1.29 is 27.1 Å². The van der Waals surface area contributed by atoms with Crippen molar-refractivity contribution in [2.24, 2.45) is 0 Å². The van der Waals surface area contributed by atoms with Gasteiger partial charge in [0, 0.05) is 32.2 Å². The zero-order chi connectivity index (χ0) is 17.4. The summed E-state index contributed by atoms with van der Waals surface area (Å²) in [4.78, 5) is 14.0. The molecule has 2 aliphatic heterocycles. The Hall–Kier alpha value is -2.52. The molecule has 9 heteroatoms. The van der Waals surface area contributed by atoms with E-state index in [-0.39, 0.29) is 36.4 Å². The fourth-order valence-electron chi connectivity index (χ4n) is 2.87. The standard InChI is InChI=1S/C16H16N2O6S/c19-16(14-2-1-9-22-14)17-5-7-18(8-6-17)25(20,21)12-3-4-13-15(10-12)24-11-23-13/h1-4,9-10H,5-8,11H2. The van der Waals surface area contributed by atoms with Crippen molar-refractivity contribution in [2.45, 2.75) is 4.90 Å². The number of fused-ring (bicyclic) bond motifs is 1. The summed E-state index contributed by atoms with van der Waals surface area (Å²) in [5, 5.41) is 0. The van der Waals surface area contributed by atoms with Crippen LogP contribution in [0.25, 0.3) is 0 Å². The predicted molar refractivity (Wildman–Crippen MR) is 85.9 cm³/mol. The van der Waals surface area contributed by atoms with Gasteiger partial charge in [-0.05, 0) is 24.3 Å². The van der Waals surface area contributed by atoms with Gasteiger partial charge in [-0.15, -0.1) is 0 Å². The third-order valence-electron chi connectivity index (χ3n) is 4.24. The van der Waals surface area contributed by atoms with Gasteiger partial charge in [-0.2, -0.15) is 4.31 Å². The SMILES string of the molecule is O=C(c1ccco1)N1CCN(S(=O)(=O)c2ccc3c(c2)OCO3)CC1. The molecule has 1 saturated heterocycles. The molecular weight excluding hydrogens is 348 g/mol. The molecule has 0 atom stereocenters. The van der Waals surface area contributed by atoms with Gasteiger partial charge in [0.05, 0.1) is 11.2 Å². The monoisotopic (exact) mass is 364 g/mol. The number of carbonyl (C=O) groups is 1. The van der Waals surface area contributed by atoms with Crippen LogP contribution in [0.4, 0.5) is 0 Å². The van der Waals surface area contributed by atoms with Gasteiger partial charge in [-0.1, -0.05) is 0 Å². The summed E-state index contributed by atoms with van der Waals surface area (Å²) in [5.41, 5.74) is 0. The number of amides is 1. The van der Waals surface area contributed by atoms with Gasteiger partial charge in [0.25, 0.3) is 5.91 Å². The highest BCUT2D eigenvalue weighted by molar-refractivity contribution is 7.89. The van der Waals surface area contributed by atoms with E-state index in [2.05, 4.69) is 0 Å². The lowest BCUT2D eigenvalue weighted by Crippen LogP contribution is -2.50. The first-order valence-electron chi connectivity index (χ1n) is 7.78. The Labute approximate surface area is 144 Å². The Morgan fingerprint density at radius 2 is 1.76 bits per heavy atom. The Morgan fingerprint density at radius 1 is 1.00 bits per heavy atom. The van der Waals surface area contributed by atoms with E-state index in [0.29, 0.717) is 24.6 Å². The van der Waals surface area contributed by atoms with Crippen LogP contribution in [-0.2, 0) is 10.0 Å². The summed E-state index contributed by atoms with van der Waals surface area (Å²) >= 11 is 0. The highest BCUT2D eigenvalue weighted by atomic mass is 32.2. The molecule has 3 heterocycles. The van der Waals surface area contributed by atoms with Crippen molar-refractivity contribution in [1.29, 1.82) is 0 Å². The van der Waals surface area contributed by atoms with E-state index < -0.39 is 10.0 Å². The number of hydrogen-bond acceptors (Lipinski definition) is 6. The average Bonchev–Trinajstić information content (AvgIpc) is 3.32. The summed E-state index contributed by atoms with van der Waals surface area (Å²) in [6, 6.07) is 7.80. The van der Waals surface area contributed by atoms with Gasteiger partial charge in [0.15, 0.2) is 17.3 Å². The largest absolute Gasteiger partial charge is 0.459 e. The molecule has 25 heavy (non-hydrogen) atoms. The molecule has 1 fully saturated rings. The van der Waals surface area contributed by atoms with E-state index in [4.69, 9.17) is 13.9 Å². The van der Waals surface area contributed by atoms with Crippen LogP contribution in [0.2, 0.25) is 0 Å². The van der Waals surface area contributed by atoms with Crippen molar-refractivity contribution in [2.75, 3.05) is 33.0 Å². The van der Waals surface area contributed by atoms with E-state index in [9.17, 15) is 13.2 Å². The van der Waals surface area contributed by atoms with E-state index in [0.717, 1.165) is 0 Å². The number of nitrogens with zero attached hydrogens (tertiary/aromatic N) is 2. The molecule has 0 unspecified atom stereocenters. The smallest absolute Gasteiger partial charge is 0.289 e. The zero-order valence-electron chi connectivity index (χ0n) is 13.3. The molecule has 8 nitrogen and oxygen atoms in total. The van der Waals surface area contributed by atoms with Crippen LogP contribution in [0, 0.1) is 0 Å². The van der Waals surface area contributed by atoms with E-state index in [1.807, 2.05) is 0 Å². The number of ether oxygens (including phenoxy) is 2. The first-order chi connectivity index (χ1) is 12.1. The maximum atomic E-state index is 12.8. The maximum absolute atomic E-state index is 12.8. The molecule has 0 spiro atoms. The molecule has 0 saturated carbocycles. The second kappa shape index (κ2) is 6.08. The van der Waals surface area contributed by atoms with Crippen molar-refractivity contribution in [1.82, 2.24) is 9.21 Å². The maximum Gasteiger partial charge on any atom is 0.289 e. The van der Waals surface area contributed by atoms with Crippen molar-refractivity contribution in [3.05, 3.63) is 42.4 Å². The lowest BCUT2D eigenvalue weighted by Gasteiger charge is -2.33. The minimum absolute atomic E-state index is 0.0897. The third-order valence-corrected chi connectivity index (χ3v) is 6.13. The molecular formula is C16H16N2O6S. The molecule has 132 valence electrons. The van der Waals surface area contributed by atoms with Crippen LogP contribution in [0.15, 0.2) is 45.9 Å². The van der Waals surface area contributed by atoms with Gasteiger partial charge in [-0.25, -0.2) is 8.42 Å². The molecule has 2 aromatic rings. The van der Waals surface area contributed by atoms with Gasteiger partial charge < -0.3 is 18.8 Å². The summed E-state index contributed by atoms with van der Waals surface area (Å²) in [6.45, 7) is 1.16. The number of furan rings is 1. The van der Waals surface area contributed by atoms with E-state index in [1.165, 1.54) is 22.7 Å². The second-order valence-electron chi connectivity index (χ2n) is 5.69. The summed E-state index contributed by atoms with van der Waals surface area (Å²) in [7, 11) is -3.65. The lowest BCUT2D eigenvalue weighted by atomic mass is 10.3. The number of carbonyl (C=O) groups excluding carboxylic acids is 1. The summed E-state index contributed by atoms with van der Waals surface area (Å²) in [6.07, 6.45) is 1.44. The van der Waals surface area contributed by atoms with Crippen molar-refractivity contribution >= 4 is 15.9 Å². The van der Waals surface area contributed by atoms with E-state index in [1.54, 1.807) is 23.1 Å². The highest BCUT2D eigenvalue weighted by Crippen LogP contribution is 2.34. The zero-order valence-corrected chi connectivity index (χ0v) is 14.1. The quantitative estimate of drug-likeness (QED) is 0.812. The average molecular weight is 364 g/mol. The minimum Gasteiger partial charge on any atom is -0.459 e. The number of hydrogen-bond donors (Lipinski definition) is 0. The Kier molecular flexibility index (Phi) is 3.89. The van der Waals surface area contributed by atoms with Crippen LogP contribution in [0.1, 0.15) is 10.6 Å². The van der Waals surface area contributed by atoms with Gasteiger partial charge in [-0.3, -0.25) is 4.79 Å². The van der Waals surface area contributed by atoms with Crippen molar-refractivity contribution in [3.63, 3.8) is 0 Å². The van der Waals surface area contributed by atoms with Crippen molar-refractivity contribution in [3.8, 4) is 11.5 Å². The number of piperazine rings is 1. The summed E-state index contributed by atoms with van der Waals surface area (Å²) in [5.74, 6) is 0.984. The molecule has 2 aliphatic rings. The lowest BCUT2D eigenvalue weighted by molar-refractivity contribution is 0.0666. The Balaban J connectivity index is 1.47. The Bertz CT molecular complexity index is 885. The normalized spacial score (nSPS) is 17.7. The first-order valence-corrected chi connectivity index (χ1v) is 9.22. The third kappa shape index (κ3) is 2.85. The highest BCUT2D eigenvalue weighted by Gasteiger charge is 2.32. The molecule has 0 radical (unpaired) electrons. The fourth-order valence-corrected chi connectivity index (χ4v) is 4.31. The second-order valence-corrected chi connectivity index (χ2v) is 7.63. The minimum atomic E-state index is -3.65. The number of rotatable bonds is 3. The van der Waals surface area contributed by atoms with Crippen LogP contribution < -0.4 is 9.47 Å². The molecule has 1 aromatic heterocycles. The fraction of sp³-hybridized carbons (Fsp3) is 0.312. The number of sulfonamides is 1. The van der Waals surface area contributed by atoms with Gasteiger partial charge in [0.2, 0.25) is 16.8 Å². The summed E-state index contributed by atoms with van der Waals surface area (Å²) < 4.78 is 42.5. The molecule has 4 rings (SSSR count). The number of benzene rings is 1. The van der Waals surface area contributed by atoms with Crippen LogP contribution in [0.5, 0.6) is 11.5 Å². The van der Waals surface area contributed by atoms with Crippen LogP contribution >= 0.6 is 0 Å².